The summed E-state index contributed by atoms with van der Waals surface area (Å²) >= 11 is 0. The van der Waals surface area contributed by atoms with Gasteiger partial charge in [-0.1, -0.05) is 13.3 Å². The Morgan fingerprint density at radius 2 is 1.83 bits per heavy atom. The summed E-state index contributed by atoms with van der Waals surface area (Å²) in [5.41, 5.74) is 5.45. The van der Waals surface area contributed by atoms with E-state index in [-0.39, 0.29) is 35.6 Å². The topological polar surface area (TPSA) is 106 Å². The average molecular weight is 513 g/mol. The number of rotatable bonds is 7. The number of aryl methyl sites for hydroxylation is 3. The van der Waals surface area contributed by atoms with Crippen molar-refractivity contribution in [1.29, 1.82) is 0 Å². The van der Waals surface area contributed by atoms with Crippen molar-refractivity contribution in [3.05, 3.63) is 62.7 Å². The molecule has 1 saturated heterocycles. The van der Waals surface area contributed by atoms with Crippen LogP contribution in [0.3, 0.4) is 0 Å². The fraction of sp³-hybridized carbons (Fsp3) is 0.481. The number of fused-ring (bicyclic) bond motifs is 1. The van der Waals surface area contributed by atoms with Crippen molar-refractivity contribution in [3.8, 4) is 0 Å². The molecule has 0 spiro atoms. The number of H-pyrrole nitrogens is 2. The minimum atomic E-state index is -3.02. The highest BCUT2D eigenvalue weighted by molar-refractivity contribution is 7.91. The summed E-state index contributed by atoms with van der Waals surface area (Å²) in [5, 5.41) is 0.852. The van der Waals surface area contributed by atoms with Gasteiger partial charge >= 0.3 is 0 Å². The zero-order chi connectivity index (χ0) is 26.2. The van der Waals surface area contributed by atoms with Gasteiger partial charge in [-0.05, 0) is 63.4 Å². The number of nitrogens with zero attached hydrogens (tertiary/aromatic N) is 2. The fourth-order valence-corrected chi connectivity index (χ4v) is 6.21. The second-order valence-electron chi connectivity index (χ2n) is 10.1. The van der Waals surface area contributed by atoms with Crippen molar-refractivity contribution in [2.75, 3.05) is 29.5 Å². The smallest absolute Gasteiger partial charge is 0.255 e. The van der Waals surface area contributed by atoms with Gasteiger partial charge in [-0.15, -0.1) is 0 Å². The molecule has 1 aliphatic heterocycles. The second kappa shape index (κ2) is 10.1. The standard InChI is InChI=1S/C27H36N4O4S/c1-6-7-20-12-19(5)29-26(32)23(20)16-31(17(2)3)27(33)22-13-21(14-24-25(22)18(4)15-28-24)30-8-10-36(34,35)11-9-30/h12-15,17,28H,6-11,16H2,1-5H3,(H,29,32). The Morgan fingerprint density at radius 1 is 1.14 bits per heavy atom. The van der Waals surface area contributed by atoms with Crippen molar-refractivity contribution < 1.29 is 13.2 Å². The van der Waals surface area contributed by atoms with Crippen LogP contribution in [-0.4, -0.2) is 59.8 Å². The Morgan fingerprint density at radius 3 is 2.47 bits per heavy atom. The van der Waals surface area contributed by atoms with Crippen LogP contribution in [0.2, 0.25) is 0 Å². The monoisotopic (exact) mass is 512 g/mol. The van der Waals surface area contributed by atoms with Crippen molar-refractivity contribution in [3.63, 3.8) is 0 Å². The predicted molar refractivity (Wildman–Crippen MR) is 145 cm³/mol. The zero-order valence-electron chi connectivity index (χ0n) is 21.8. The molecule has 1 aliphatic rings. The Labute approximate surface area is 212 Å². The molecule has 9 heteroatoms. The van der Waals surface area contributed by atoms with E-state index in [4.69, 9.17) is 0 Å². The number of hydrogen-bond donors (Lipinski definition) is 2. The van der Waals surface area contributed by atoms with E-state index < -0.39 is 9.84 Å². The predicted octanol–water partition coefficient (Wildman–Crippen LogP) is 3.71. The lowest BCUT2D eigenvalue weighted by atomic mass is 10.0. The van der Waals surface area contributed by atoms with Crippen molar-refractivity contribution in [2.24, 2.45) is 0 Å². The first kappa shape index (κ1) is 26.0. The number of anilines is 1. The van der Waals surface area contributed by atoms with Crippen LogP contribution in [0.5, 0.6) is 0 Å². The molecular weight excluding hydrogens is 476 g/mol. The molecule has 0 radical (unpaired) electrons. The molecule has 194 valence electrons. The lowest BCUT2D eigenvalue weighted by Crippen LogP contribution is -2.41. The largest absolute Gasteiger partial charge is 0.369 e. The van der Waals surface area contributed by atoms with E-state index in [1.165, 1.54) is 0 Å². The Kier molecular flexibility index (Phi) is 7.31. The molecule has 0 aliphatic carbocycles. The Hall–Kier alpha value is -3.07. The maximum Gasteiger partial charge on any atom is 0.255 e. The highest BCUT2D eigenvalue weighted by Crippen LogP contribution is 2.31. The fourth-order valence-electron chi connectivity index (χ4n) is 5.01. The van der Waals surface area contributed by atoms with Crippen LogP contribution in [0, 0.1) is 13.8 Å². The number of nitrogens with one attached hydrogen (secondary N) is 2. The molecule has 1 amide bonds. The zero-order valence-corrected chi connectivity index (χ0v) is 22.6. The molecule has 0 bridgehead atoms. The molecular formula is C27H36N4O4S. The number of sulfone groups is 1. The van der Waals surface area contributed by atoms with Crippen molar-refractivity contribution >= 4 is 32.3 Å². The summed E-state index contributed by atoms with van der Waals surface area (Å²) in [6, 6.07) is 5.74. The van der Waals surface area contributed by atoms with Crippen LogP contribution in [0.4, 0.5) is 5.69 Å². The van der Waals surface area contributed by atoms with Crippen LogP contribution >= 0.6 is 0 Å². The maximum atomic E-state index is 14.1. The molecule has 0 unspecified atom stereocenters. The van der Waals surface area contributed by atoms with Crippen LogP contribution in [-0.2, 0) is 22.8 Å². The summed E-state index contributed by atoms with van der Waals surface area (Å²) in [7, 11) is -3.02. The van der Waals surface area contributed by atoms with E-state index in [2.05, 4.69) is 16.9 Å². The number of benzene rings is 1. The molecule has 2 aromatic heterocycles. The molecule has 1 aromatic carbocycles. The van der Waals surface area contributed by atoms with E-state index in [9.17, 15) is 18.0 Å². The number of pyridine rings is 1. The van der Waals surface area contributed by atoms with Gasteiger partial charge in [0.2, 0.25) is 0 Å². The van der Waals surface area contributed by atoms with E-state index in [1.54, 1.807) is 4.90 Å². The number of hydrogen-bond acceptors (Lipinski definition) is 5. The molecule has 8 nitrogen and oxygen atoms in total. The average Bonchev–Trinajstić information content (AvgIpc) is 3.18. The first-order valence-electron chi connectivity index (χ1n) is 12.6. The van der Waals surface area contributed by atoms with Gasteiger partial charge in [0.15, 0.2) is 9.84 Å². The third kappa shape index (κ3) is 5.21. The number of carbonyl (C=O) groups is 1. The van der Waals surface area contributed by atoms with Crippen molar-refractivity contribution in [1.82, 2.24) is 14.9 Å². The molecule has 3 aromatic rings. The summed E-state index contributed by atoms with van der Waals surface area (Å²) in [6.45, 7) is 10.8. The van der Waals surface area contributed by atoms with Crippen LogP contribution in [0.1, 0.15) is 59.9 Å². The van der Waals surface area contributed by atoms with Crippen LogP contribution in [0.15, 0.2) is 29.2 Å². The van der Waals surface area contributed by atoms with Crippen molar-refractivity contribution in [2.45, 2.75) is 60.0 Å². The van der Waals surface area contributed by atoms with Gasteiger partial charge in [-0.25, -0.2) is 8.42 Å². The maximum absolute atomic E-state index is 14.1. The lowest BCUT2D eigenvalue weighted by molar-refractivity contribution is 0.0691. The first-order valence-corrected chi connectivity index (χ1v) is 14.4. The molecule has 2 N–H and O–H groups in total. The van der Waals surface area contributed by atoms with Gasteiger partial charge in [0.1, 0.15) is 0 Å². The van der Waals surface area contributed by atoms with Gasteiger partial charge in [0.05, 0.1) is 23.6 Å². The second-order valence-corrected chi connectivity index (χ2v) is 12.4. The molecule has 0 saturated carbocycles. The normalized spacial score (nSPS) is 15.6. The quantitative estimate of drug-likeness (QED) is 0.502. The highest BCUT2D eigenvalue weighted by atomic mass is 32.2. The number of amides is 1. The van der Waals surface area contributed by atoms with E-state index >= 15 is 0 Å². The lowest BCUT2D eigenvalue weighted by Gasteiger charge is -2.31. The molecule has 0 atom stereocenters. The molecule has 36 heavy (non-hydrogen) atoms. The van der Waals surface area contributed by atoms with E-state index in [0.717, 1.165) is 46.3 Å². The number of aromatic nitrogens is 2. The summed E-state index contributed by atoms with van der Waals surface area (Å²) in [6.07, 6.45) is 3.56. The Balaban J connectivity index is 1.77. The summed E-state index contributed by atoms with van der Waals surface area (Å²) in [4.78, 5) is 37.0. The molecule has 4 rings (SSSR count). The van der Waals surface area contributed by atoms with Crippen LogP contribution in [0.25, 0.3) is 10.9 Å². The number of carbonyl (C=O) groups excluding carboxylic acids is 1. The van der Waals surface area contributed by atoms with Gasteiger partial charge < -0.3 is 19.8 Å². The van der Waals surface area contributed by atoms with Gasteiger partial charge in [-0.2, -0.15) is 0 Å². The molecule has 1 fully saturated rings. The first-order chi connectivity index (χ1) is 17.0. The summed E-state index contributed by atoms with van der Waals surface area (Å²) in [5.74, 6) is 0.0609. The minimum absolute atomic E-state index is 0.104. The Bertz CT molecular complexity index is 1440. The highest BCUT2D eigenvalue weighted by Gasteiger charge is 2.27. The third-order valence-corrected chi connectivity index (χ3v) is 8.61. The van der Waals surface area contributed by atoms with E-state index in [0.29, 0.717) is 24.2 Å². The third-order valence-electron chi connectivity index (χ3n) is 7.00. The number of aromatic amines is 2. The minimum Gasteiger partial charge on any atom is -0.369 e. The van der Waals surface area contributed by atoms with Crippen LogP contribution < -0.4 is 10.5 Å². The summed E-state index contributed by atoms with van der Waals surface area (Å²) < 4.78 is 23.9. The van der Waals surface area contributed by atoms with Gasteiger partial charge in [0.25, 0.3) is 11.5 Å². The van der Waals surface area contributed by atoms with Gasteiger partial charge in [-0.3, -0.25) is 9.59 Å². The van der Waals surface area contributed by atoms with Gasteiger partial charge in [0, 0.05) is 53.2 Å². The SMILES string of the molecule is CCCc1cc(C)[nH]c(=O)c1CN(C(=O)c1cc(N2CCS(=O)(=O)CC2)cc2[nH]cc(C)c12)C(C)C. The van der Waals surface area contributed by atoms with E-state index in [1.807, 2.05) is 57.0 Å². The molecule has 3 heterocycles.